The lowest BCUT2D eigenvalue weighted by molar-refractivity contribution is 0.00842. The predicted octanol–water partition coefficient (Wildman–Crippen LogP) is 3.17. The molecule has 0 bridgehead atoms. The Labute approximate surface area is 86.8 Å². The molecule has 0 aliphatic rings. The lowest BCUT2D eigenvalue weighted by atomic mass is 9.82. The molecule has 0 amide bonds. The van der Waals surface area contributed by atoms with Gasteiger partial charge in [0.2, 0.25) is 0 Å². The zero-order valence-electron chi connectivity index (χ0n) is 9.76. The summed E-state index contributed by atoms with van der Waals surface area (Å²) in [5.74, 6) is 0.225. The van der Waals surface area contributed by atoms with Gasteiger partial charge in [-0.1, -0.05) is 32.0 Å². The van der Waals surface area contributed by atoms with E-state index >= 15 is 0 Å². The molecule has 0 radical (unpaired) electrons. The third-order valence-corrected chi connectivity index (χ3v) is 3.27. The summed E-state index contributed by atoms with van der Waals surface area (Å²) >= 11 is 0. The van der Waals surface area contributed by atoms with Crippen LogP contribution in [0.4, 0.5) is 0 Å². The third-order valence-electron chi connectivity index (χ3n) is 3.27. The van der Waals surface area contributed by atoms with Gasteiger partial charge in [-0.05, 0) is 43.4 Å². The molecule has 0 heterocycles. The molecule has 0 aliphatic carbocycles. The van der Waals surface area contributed by atoms with Crippen molar-refractivity contribution in [3.05, 3.63) is 34.9 Å². The van der Waals surface area contributed by atoms with Crippen LogP contribution in [0.2, 0.25) is 0 Å². The molecule has 1 heteroatoms. The maximum atomic E-state index is 10.4. The molecule has 0 saturated carbocycles. The maximum Gasteiger partial charge on any atom is 0.0893 e. The zero-order valence-corrected chi connectivity index (χ0v) is 9.76. The molecule has 0 spiro atoms. The SMILES string of the molecule is Cc1cccc([C@](C)(O)C(C)C)c1C. The number of hydrogen-bond donors (Lipinski definition) is 1. The maximum absolute atomic E-state index is 10.4. The molecule has 0 saturated heterocycles. The highest BCUT2D eigenvalue weighted by Crippen LogP contribution is 2.31. The number of hydrogen-bond acceptors (Lipinski definition) is 1. The Kier molecular flexibility index (Phi) is 3.01. The van der Waals surface area contributed by atoms with Gasteiger partial charge in [-0.3, -0.25) is 0 Å². The highest BCUT2D eigenvalue weighted by atomic mass is 16.3. The fourth-order valence-corrected chi connectivity index (χ4v) is 1.61. The average Bonchev–Trinajstić information content (AvgIpc) is 2.09. The molecule has 1 N–H and O–H groups in total. The van der Waals surface area contributed by atoms with Gasteiger partial charge < -0.3 is 5.11 Å². The van der Waals surface area contributed by atoms with Crippen LogP contribution in [-0.2, 0) is 5.60 Å². The minimum atomic E-state index is -0.726. The van der Waals surface area contributed by atoms with Crippen LogP contribution in [0.25, 0.3) is 0 Å². The lowest BCUT2D eigenvalue weighted by Gasteiger charge is -2.30. The first-order valence-electron chi connectivity index (χ1n) is 5.16. The minimum absolute atomic E-state index is 0.225. The Bertz CT molecular complexity index is 324. The van der Waals surface area contributed by atoms with Crippen LogP contribution in [-0.4, -0.2) is 5.11 Å². The first-order valence-corrected chi connectivity index (χ1v) is 5.16. The van der Waals surface area contributed by atoms with E-state index < -0.39 is 5.60 Å². The Morgan fingerprint density at radius 2 is 1.79 bits per heavy atom. The number of aryl methyl sites for hydroxylation is 1. The van der Waals surface area contributed by atoms with E-state index in [-0.39, 0.29) is 5.92 Å². The van der Waals surface area contributed by atoms with Crippen molar-refractivity contribution in [2.75, 3.05) is 0 Å². The fraction of sp³-hybridized carbons (Fsp3) is 0.538. The number of aliphatic hydroxyl groups is 1. The van der Waals surface area contributed by atoms with Crippen LogP contribution in [0, 0.1) is 19.8 Å². The van der Waals surface area contributed by atoms with Crippen LogP contribution in [0.5, 0.6) is 0 Å². The summed E-state index contributed by atoms with van der Waals surface area (Å²) in [7, 11) is 0. The molecule has 78 valence electrons. The zero-order chi connectivity index (χ0) is 10.9. The Balaban J connectivity index is 3.26. The van der Waals surface area contributed by atoms with Crippen LogP contribution < -0.4 is 0 Å². The molecule has 0 aromatic heterocycles. The number of benzene rings is 1. The predicted molar refractivity (Wildman–Crippen MR) is 60.3 cm³/mol. The Hall–Kier alpha value is -0.820. The molecule has 1 aromatic carbocycles. The first-order chi connectivity index (χ1) is 6.37. The topological polar surface area (TPSA) is 20.2 Å². The number of rotatable bonds is 2. The molecular formula is C13H20O. The summed E-state index contributed by atoms with van der Waals surface area (Å²) in [5.41, 5.74) is 2.76. The van der Waals surface area contributed by atoms with Crippen LogP contribution >= 0.6 is 0 Å². The van der Waals surface area contributed by atoms with Crippen LogP contribution in [0.1, 0.15) is 37.5 Å². The second kappa shape index (κ2) is 3.74. The smallest absolute Gasteiger partial charge is 0.0893 e. The van der Waals surface area contributed by atoms with E-state index in [1.54, 1.807) is 0 Å². The normalized spacial score (nSPS) is 15.6. The Morgan fingerprint density at radius 1 is 1.21 bits per heavy atom. The van der Waals surface area contributed by atoms with Crippen molar-refractivity contribution >= 4 is 0 Å². The highest BCUT2D eigenvalue weighted by molar-refractivity contribution is 5.37. The average molecular weight is 192 g/mol. The van der Waals surface area contributed by atoms with Crippen molar-refractivity contribution in [1.29, 1.82) is 0 Å². The van der Waals surface area contributed by atoms with Gasteiger partial charge in [0.1, 0.15) is 0 Å². The molecule has 1 atom stereocenters. The summed E-state index contributed by atoms with van der Waals surface area (Å²) in [6.07, 6.45) is 0. The van der Waals surface area contributed by atoms with E-state index in [0.29, 0.717) is 0 Å². The second-order valence-corrected chi connectivity index (χ2v) is 4.55. The largest absolute Gasteiger partial charge is 0.385 e. The van der Waals surface area contributed by atoms with Crippen molar-refractivity contribution in [3.8, 4) is 0 Å². The quantitative estimate of drug-likeness (QED) is 0.763. The summed E-state index contributed by atoms with van der Waals surface area (Å²) in [6.45, 7) is 10.1. The minimum Gasteiger partial charge on any atom is -0.385 e. The monoisotopic (exact) mass is 192 g/mol. The lowest BCUT2D eigenvalue weighted by Crippen LogP contribution is -2.29. The summed E-state index contributed by atoms with van der Waals surface area (Å²) in [4.78, 5) is 0. The van der Waals surface area contributed by atoms with Crippen molar-refractivity contribution in [1.82, 2.24) is 0 Å². The molecule has 0 aliphatic heterocycles. The van der Waals surface area contributed by atoms with Crippen molar-refractivity contribution in [3.63, 3.8) is 0 Å². The van der Waals surface area contributed by atoms with E-state index in [1.807, 2.05) is 32.9 Å². The van der Waals surface area contributed by atoms with E-state index in [2.05, 4.69) is 19.9 Å². The highest BCUT2D eigenvalue weighted by Gasteiger charge is 2.28. The molecule has 1 rings (SSSR count). The van der Waals surface area contributed by atoms with Crippen LogP contribution in [0.15, 0.2) is 18.2 Å². The van der Waals surface area contributed by atoms with Gasteiger partial charge in [0, 0.05) is 0 Å². The molecule has 1 aromatic rings. The molecule has 14 heavy (non-hydrogen) atoms. The van der Waals surface area contributed by atoms with Gasteiger partial charge in [0.15, 0.2) is 0 Å². The van der Waals surface area contributed by atoms with Crippen molar-refractivity contribution in [2.24, 2.45) is 5.92 Å². The van der Waals surface area contributed by atoms with Gasteiger partial charge in [-0.2, -0.15) is 0 Å². The molecule has 0 fully saturated rings. The van der Waals surface area contributed by atoms with E-state index in [4.69, 9.17) is 0 Å². The van der Waals surface area contributed by atoms with E-state index in [1.165, 1.54) is 11.1 Å². The van der Waals surface area contributed by atoms with Crippen molar-refractivity contribution < 1.29 is 5.11 Å². The van der Waals surface area contributed by atoms with Gasteiger partial charge in [0.25, 0.3) is 0 Å². The second-order valence-electron chi connectivity index (χ2n) is 4.55. The van der Waals surface area contributed by atoms with Gasteiger partial charge in [0.05, 0.1) is 5.60 Å². The molecule has 0 unspecified atom stereocenters. The third kappa shape index (κ3) is 1.83. The summed E-state index contributed by atoms with van der Waals surface area (Å²) in [5, 5.41) is 10.4. The summed E-state index contributed by atoms with van der Waals surface area (Å²) < 4.78 is 0. The summed E-state index contributed by atoms with van der Waals surface area (Å²) in [6, 6.07) is 6.10. The van der Waals surface area contributed by atoms with Crippen molar-refractivity contribution in [2.45, 2.75) is 40.2 Å². The standard InChI is InChI=1S/C13H20O/c1-9(2)13(5,14)12-8-6-7-10(3)11(12)4/h6-9,14H,1-5H3/t13-/m1/s1. The molecule has 1 nitrogen and oxygen atoms in total. The van der Waals surface area contributed by atoms with E-state index in [9.17, 15) is 5.11 Å². The van der Waals surface area contributed by atoms with Gasteiger partial charge in [-0.15, -0.1) is 0 Å². The first kappa shape index (κ1) is 11.3. The fourth-order valence-electron chi connectivity index (χ4n) is 1.61. The van der Waals surface area contributed by atoms with Crippen LogP contribution in [0.3, 0.4) is 0 Å². The Morgan fingerprint density at radius 3 is 2.29 bits per heavy atom. The van der Waals surface area contributed by atoms with Gasteiger partial charge >= 0.3 is 0 Å². The van der Waals surface area contributed by atoms with E-state index in [0.717, 1.165) is 5.56 Å². The van der Waals surface area contributed by atoms with Gasteiger partial charge in [-0.25, -0.2) is 0 Å². The molecular weight excluding hydrogens is 172 g/mol.